The SMILES string of the molecule is Cc1ccc(OCCCNC(=O)c2coc(CN)c2)cc1. The predicted molar refractivity (Wildman–Crippen MR) is 80.2 cm³/mol. The number of rotatable bonds is 7. The van der Waals surface area contributed by atoms with Gasteiger partial charge in [-0.2, -0.15) is 0 Å². The van der Waals surface area contributed by atoms with Gasteiger partial charge in [-0.05, 0) is 31.5 Å². The molecule has 0 atom stereocenters. The fraction of sp³-hybridized carbons (Fsp3) is 0.312. The van der Waals surface area contributed by atoms with Crippen molar-refractivity contribution in [1.82, 2.24) is 5.32 Å². The molecule has 5 heteroatoms. The predicted octanol–water partition coefficient (Wildman–Crippen LogP) is 2.25. The zero-order valence-electron chi connectivity index (χ0n) is 12.1. The van der Waals surface area contributed by atoms with E-state index in [1.54, 1.807) is 6.07 Å². The number of nitrogens with one attached hydrogen (secondary N) is 1. The van der Waals surface area contributed by atoms with Gasteiger partial charge in [0, 0.05) is 6.54 Å². The van der Waals surface area contributed by atoms with Gasteiger partial charge in [-0.1, -0.05) is 17.7 Å². The number of nitrogens with two attached hydrogens (primary N) is 1. The van der Waals surface area contributed by atoms with Crippen molar-refractivity contribution in [3.63, 3.8) is 0 Å². The van der Waals surface area contributed by atoms with Crippen molar-refractivity contribution in [2.45, 2.75) is 19.9 Å². The van der Waals surface area contributed by atoms with Crippen molar-refractivity contribution in [2.75, 3.05) is 13.2 Å². The molecule has 2 rings (SSSR count). The van der Waals surface area contributed by atoms with E-state index in [1.807, 2.05) is 31.2 Å². The first kappa shape index (κ1) is 15.1. The number of amides is 1. The van der Waals surface area contributed by atoms with Crippen LogP contribution in [0.5, 0.6) is 5.75 Å². The van der Waals surface area contributed by atoms with E-state index in [-0.39, 0.29) is 12.5 Å². The summed E-state index contributed by atoms with van der Waals surface area (Å²) in [6.07, 6.45) is 2.15. The summed E-state index contributed by atoms with van der Waals surface area (Å²) < 4.78 is 10.7. The maximum absolute atomic E-state index is 11.8. The Morgan fingerprint density at radius 2 is 2.10 bits per heavy atom. The Kier molecular flexibility index (Phi) is 5.40. The average molecular weight is 288 g/mol. The fourth-order valence-electron chi connectivity index (χ4n) is 1.81. The van der Waals surface area contributed by atoms with Crippen LogP contribution in [0, 0.1) is 6.92 Å². The third-order valence-electron chi connectivity index (χ3n) is 3.01. The van der Waals surface area contributed by atoms with Gasteiger partial charge in [-0.25, -0.2) is 0 Å². The highest BCUT2D eigenvalue weighted by Gasteiger charge is 2.08. The molecule has 1 heterocycles. The number of benzene rings is 1. The van der Waals surface area contributed by atoms with Gasteiger partial charge in [0.05, 0.1) is 18.7 Å². The Labute approximate surface area is 124 Å². The molecule has 1 aromatic carbocycles. The van der Waals surface area contributed by atoms with Crippen LogP contribution in [-0.2, 0) is 6.54 Å². The molecule has 0 unspecified atom stereocenters. The zero-order valence-corrected chi connectivity index (χ0v) is 12.1. The van der Waals surface area contributed by atoms with Gasteiger partial charge in [0.1, 0.15) is 17.8 Å². The first-order valence-corrected chi connectivity index (χ1v) is 6.94. The van der Waals surface area contributed by atoms with Crippen LogP contribution in [-0.4, -0.2) is 19.1 Å². The van der Waals surface area contributed by atoms with Gasteiger partial charge in [-0.15, -0.1) is 0 Å². The zero-order chi connectivity index (χ0) is 15.1. The molecule has 1 amide bonds. The van der Waals surface area contributed by atoms with Gasteiger partial charge >= 0.3 is 0 Å². The monoisotopic (exact) mass is 288 g/mol. The topological polar surface area (TPSA) is 77.5 Å². The van der Waals surface area contributed by atoms with E-state index in [2.05, 4.69) is 5.32 Å². The maximum Gasteiger partial charge on any atom is 0.254 e. The molecule has 0 aliphatic carbocycles. The summed E-state index contributed by atoms with van der Waals surface area (Å²) in [6.45, 7) is 3.43. The van der Waals surface area contributed by atoms with Gasteiger partial charge < -0.3 is 20.2 Å². The number of hydrogen-bond donors (Lipinski definition) is 2. The smallest absolute Gasteiger partial charge is 0.254 e. The van der Waals surface area contributed by atoms with E-state index < -0.39 is 0 Å². The number of ether oxygens (including phenoxy) is 1. The highest BCUT2D eigenvalue weighted by Crippen LogP contribution is 2.11. The van der Waals surface area contributed by atoms with E-state index in [1.165, 1.54) is 11.8 Å². The second kappa shape index (κ2) is 7.50. The van der Waals surface area contributed by atoms with Crippen LogP contribution in [0.25, 0.3) is 0 Å². The molecule has 0 radical (unpaired) electrons. The van der Waals surface area contributed by atoms with Crippen LogP contribution in [0.15, 0.2) is 41.0 Å². The summed E-state index contributed by atoms with van der Waals surface area (Å²) in [6, 6.07) is 9.54. The van der Waals surface area contributed by atoms with Crippen LogP contribution >= 0.6 is 0 Å². The average Bonchev–Trinajstić information content (AvgIpc) is 2.98. The number of hydrogen-bond acceptors (Lipinski definition) is 4. The Hall–Kier alpha value is -2.27. The molecule has 3 N–H and O–H groups in total. The Balaban J connectivity index is 1.65. The Morgan fingerprint density at radius 3 is 2.76 bits per heavy atom. The Morgan fingerprint density at radius 1 is 1.33 bits per heavy atom. The van der Waals surface area contributed by atoms with E-state index in [4.69, 9.17) is 14.9 Å². The quantitative estimate of drug-likeness (QED) is 0.766. The summed E-state index contributed by atoms with van der Waals surface area (Å²) in [7, 11) is 0. The van der Waals surface area contributed by atoms with Crippen LogP contribution < -0.4 is 15.8 Å². The first-order chi connectivity index (χ1) is 10.2. The summed E-state index contributed by atoms with van der Waals surface area (Å²) in [5.41, 5.74) is 7.12. The second-order valence-corrected chi connectivity index (χ2v) is 4.78. The Bertz CT molecular complexity index is 575. The van der Waals surface area contributed by atoms with E-state index in [0.29, 0.717) is 24.5 Å². The van der Waals surface area contributed by atoms with Crippen molar-refractivity contribution in [2.24, 2.45) is 5.73 Å². The van der Waals surface area contributed by atoms with Crippen LogP contribution in [0.1, 0.15) is 28.1 Å². The van der Waals surface area contributed by atoms with Gasteiger partial charge in [-0.3, -0.25) is 4.79 Å². The number of aryl methyl sites for hydroxylation is 1. The standard InChI is InChI=1S/C16H20N2O3/c1-12-3-5-14(6-4-12)20-8-2-7-18-16(19)13-9-15(10-17)21-11-13/h3-6,9,11H,2,7-8,10,17H2,1H3,(H,18,19). The molecule has 21 heavy (non-hydrogen) atoms. The molecule has 0 saturated carbocycles. The van der Waals surface area contributed by atoms with E-state index >= 15 is 0 Å². The lowest BCUT2D eigenvalue weighted by Gasteiger charge is -2.07. The minimum atomic E-state index is -0.159. The van der Waals surface area contributed by atoms with Crippen LogP contribution in [0.2, 0.25) is 0 Å². The first-order valence-electron chi connectivity index (χ1n) is 6.94. The largest absolute Gasteiger partial charge is 0.494 e. The van der Waals surface area contributed by atoms with Crippen molar-refractivity contribution >= 4 is 5.91 Å². The molecule has 0 aliphatic rings. The summed E-state index contributed by atoms with van der Waals surface area (Å²) in [5.74, 6) is 1.28. The summed E-state index contributed by atoms with van der Waals surface area (Å²) in [5, 5.41) is 2.81. The third-order valence-corrected chi connectivity index (χ3v) is 3.01. The molecule has 0 aliphatic heterocycles. The van der Waals surface area contributed by atoms with Crippen molar-refractivity contribution in [1.29, 1.82) is 0 Å². The molecule has 5 nitrogen and oxygen atoms in total. The van der Waals surface area contributed by atoms with Crippen molar-refractivity contribution < 1.29 is 13.9 Å². The second-order valence-electron chi connectivity index (χ2n) is 4.78. The van der Waals surface area contributed by atoms with Gasteiger partial charge in [0.2, 0.25) is 0 Å². The minimum absolute atomic E-state index is 0.159. The lowest BCUT2D eigenvalue weighted by atomic mass is 10.2. The molecule has 2 aromatic rings. The third kappa shape index (κ3) is 4.65. The fourth-order valence-corrected chi connectivity index (χ4v) is 1.81. The van der Waals surface area contributed by atoms with E-state index in [9.17, 15) is 4.79 Å². The normalized spacial score (nSPS) is 10.4. The molecule has 1 aromatic heterocycles. The maximum atomic E-state index is 11.8. The van der Waals surface area contributed by atoms with Crippen molar-refractivity contribution in [3.05, 3.63) is 53.5 Å². The number of carbonyl (C=O) groups excluding carboxylic acids is 1. The number of furan rings is 1. The molecule has 0 fully saturated rings. The van der Waals surface area contributed by atoms with E-state index in [0.717, 1.165) is 12.2 Å². The molecular weight excluding hydrogens is 268 g/mol. The highest BCUT2D eigenvalue weighted by atomic mass is 16.5. The van der Waals surface area contributed by atoms with Gasteiger partial charge in [0.25, 0.3) is 5.91 Å². The van der Waals surface area contributed by atoms with Crippen molar-refractivity contribution in [3.8, 4) is 5.75 Å². The molecular formula is C16H20N2O3. The minimum Gasteiger partial charge on any atom is -0.494 e. The van der Waals surface area contributed by atoms with Crippen LogP contribution in [0.4, 0.5) is 0 Å². The lowest BCUT2D eigenvalue weighted by Crippen LogP contribution is -2.25. The summed E-state index contributed by atoms with van der Waals surface area (Å²) >= 11 is 0. The summed E-state index contributed by atoms with van der Waals surface area (Å²) in [4.78, 5) is 11.8. The van der Waals surface area contributed by atoms with Gasteiger partial charge in [0.15, 0.2) is 0 Å². The van der Waals surface area contributed by atoms with Crippen LogP contribution in [0.3, 0.4) is 0 Å². The molecule has 0 saturated heterocycles. The molecule has 112 valence electrons. The lowest BCUT2D eigenvalue weighted by molar-refractivity contribution is 0.0951. The highest BCUT2D eigenvalue weighted by molar-refractivity contribution is 5.93. The molecule has 0 bridgehead atoms. The molecule has 0 spiro atoms. The number of carbonyl (C=O) groups is 1.